The van der Waals surface area contributed by atoms with Crippen molar-refractivity contribution in [2.75, 3.05) is 20.3 Å². The van der Waals surface area contributed by atoms with Gasteiger partial charge < -0.3 is 15.4 Å². The van der Waals surface area contributed by atoms with Crippen molar-refractivity contribution in [3.8, 4) is 0 Å². The lowest BCUT2D eigenvalue weighted by Gasteiger charge is -2.14. The maximum Gasteiger partial charge on any atom is 0.236 e. The van der Waals surface area contributed by atoms with Gasteiger partial charge in [0.25, 0.3) is 0 Å². The Hall–Kier alpha value is -1.53. The van der Waals surface area contributed by atoms with Crippen LogP contribution < -0.4 is 10.6 Å². The number of carbonyl (C=O) groups is 1. The van der Waals surface area contributed by atoms with Crippen LogP contribution in [0.5, 0.6) is 0 Å². The van der Waals surface area contributed by atoms with Gasteiger partial charge in [0.2, 0.25) is 5.91 Å². The van der Waals surface area contributed by atoms with E-state index in [1.807, 2.05) is 0 Å². The summed E-state index contributed by atoms with van der Waals surface area (Å²) in [5.74, 6) is -1.18. The molecule has 0 heterocycles. The maximum absolute atomic E-state index is 13.4. The summed E-state index contributed by atoms with van der Waals surface area (Å²) in [4.78, 5) is 11.7. The maximum atomic E-state index is 13.4. The van der Waals surface area contributed by atoms with Crippen LogP contribution in [0.1, 0.15) is 18.9 Å². The first kappa shape index (κ1) is 16.5. The summed E-state index contributed by atoms with van der Waals surface area (Å²) >= 11 is 0. The van der Waals surface area contributed by atoms with Crippen LogP contribution in [0.15, 0.2) is 18.2 Å². The van der Waals surface area contributed by atoms with Gasteiger partial charge in [-0.15, -0.1) is 0 Å². The topological polar surface area (TPSA) is 50.4 Å². The van der Waals surface area contributed by atoms with Gasteiger partial charge in [0.05, 0.1) is 6.04 Å². The standard InChI is InChI=1S/C14H20F2N2O2/c1-10(14(19)17-6-3-7-20-2)18-9-11-8-12(15)4-5-13(11)16/h4-5,8,10,18H,3,6-7,9H2,1-2H3,(H,17,19). The minimum Gasteiger partial charge on any atom is -0.385 e. The first-order valence-corrected chi connectivity index (χ1v) is 6.48. The molecule has 0 aliphatic heterocycles. The van der Waals surface area contributed by atoms with Gasteiger partial charge in [0.1, 0.15) is 11.6 Å². The van der Waals surface area contributed by atoms with Gasteiger partial charge in [0, 0.05) is 32.4 Å². The largest absolute Gasteiger partial charge is 0.385 e. The molecule has 0 spiro atoms. The molecule has 0 aliphatic carbocycles. The quantitative estimate of drug-likeness (QED) is 0.714. The minimum absolute atomic E-state index is 0.0935. The van der Waals surface area contributed by atoms with E-state index in [0.29, 0.717) is 13.2 Å². The predicted octanol–water partition coefficient (Wildman–Crippen LogP) is 1.60. The summed E-state index contributed by atoms with van der Waals surface area (Å²) in [7, 11) is 1.60. The molecule has 0 saturated carbocycles. The van der Waals surface area contributed by atoms with Crippen molar-refractivity contribution in [2.45, 2.75) is 25.9 Å². The lowest BCUT2D eigenvalue weighted by atomic mass is 10.2. The van der Waals surface area contributed by atoms with Crippen molar-refractivity contribution in [3.05, 3.63) is 35.4 Å². The van der Waals surface area contributed by atoms with Crippen molar-refractivity contribution in [1.82, 2.24) is 10.6 Å². The fraction of sp³-hybridized carbons (Fsp3) is 0.500. The predicted molar refractivity (Wildman–Crippen MR) is 72.2 cm³/mol. The molecule has 0 aliphatic rings. The molecule has 0 aromatic heterocycles. The van der Waals surface area contributed by atoms with Gasteiger partial charge >= 0.3 is 0 Å². The molecular formula is C14H20F2N2O2. The summed E-state index contributed by atoms with van der Waals surface area (Å²) in [5.41, 5.74) is 0.198. The van der Waals surface area contributed by atoms with Gasteiger partial charge in [-0.3, -0.25) is 4.79 Å². The van der Waals surface area contributed by atoms with Gasteiger partial charge in [0.15, 0.2) is 0 Å². The molecule has 0 fully saturated rings. The van der Waals surface area contributed by atoms with E-state index >= 15 is 0 Å². The van der Waals surface area contributed by atoms with Crippen LogP contribution in [0.3, 0.4) is 0 Å². The Morgan fingerprint density at radius 3 is 2.85 bits per heavy atom. The number of rotatable bonds is 8. The van der Waals surface area contributed by atoms with Crippen molar-refractivity contribution in [3.63, 3.8) is 0 Å². The zero-order chi connectivity index (χ0) is 15.0. The Balaban J connectivity index is 2.36. The molecule has 0 saturated heterocycles. The van der Waals surface area contributed by atoms with E-state index in [2.05, 4.69) is 10.6 Å². The molecule has 4 nitrogen and oxygen atoms in total. The van der Waals surface area contributed by atoms with Crippen LogP contribution in [-0.4, -0.2) is 32.2 Å². The smallest absolute Gasteiger partial charge is 0.236 e. The summed E-state index contributed by atoms with van der Waals surface area (Å²) < 4.78 is 31.2. The van der Waals surface area contributed by atoms with Gasteiger partial charge in [-0.05, 0) is 31.5 Å². The molecule has 1 atom stereocenters. The highest BCUT2D eigenvalue weighted by molar-refractivity contribution is 5.81. The molecule has 0 radical (unpaired) electrons. The number of nitrogens with one attached hydrogen (secondary N) is 2. The second-order valence-electron chi connectivity index (χ2n) is 4.48. The molecule has 2 N–H and O–H groups in total. The third-order valence-electron chi connectivity index (χ3n) is 2.82. The van der Waals surface area contributed by atoms with Crippen LogP contribution >= 0.6 is 0 Å². The van der Waals surface area contributed by atoms with Gasteiger partial charge in [-0.25, -0.2) is 8.78 Å². The third kappa shape index (κ3) is 5.63. The van der Waals surface area contributed by atoms with Crippen molar-refractivity contribution >= 4 is 5.91 Å². The number of hydrogen-bond acceptors (Lipinski definition) is 3. The first-order chi connectivity index (χ1) is 9.54. The van der Waals surface area contributed by atoms with Crippen molar-refractivity contribution in [1.29, 1.82) is 0 Å². The van der Waals surface area contributed by atoms with Crippen LogP contribution in [0, 0.1) is 11.6 Å². The van der Waals surface area contributed by atoms with Crippen LogP contribution in [0.2, 0.25) is 0 Å². The Bertz CT molecular complexity index is 441. The van der Waals surface area contributed by atoms with Crippen LogP contribution in [-0.2, 0) is 16.1 Å². The van der Waals surface area contributed by atoms with E-state index in [1.165, 1.54) is 0 Å². The number of hydrogen-bond donors (Lipinski definition) is 2. The lowest BCUT2D eigenvalue weighted by Crippen LogP contribution is -2.42. The van der Waals surface area contributed by atoms with Crippen molar-refractivity contribution in [2.24, 2.45) is 0 Å². The summed E-state index contributed by atoms with van der Waals surface area (Å²) in [6, 6.07) is 2.76. The monoisotopic (exact) mass is 286 g/mol. The van der Waals surface area contributed by atoms with E-state index in [1.54, 1.807) is 14.0 Å². The Kier molecular flexibility index (Phi) is 7.11. The molecule has 1 aromatic carbocycles. The minimum atomic E-state index is -0.500. The highest BCUT2D eigenvalue weighted by Crippen LogP contribution is 2.09. The normalized spacial score (nSPS) is 12.2. The number of carbonyl (C=O) groups excluding carboxylic acids is 1. The molecule has 1 rings (SSSR count). The number of amides is 1. The van der Waals surface area contributed by atoms with E-state index in [0.717, 1.165) is 24.6 Å². The molecule has 1 amide bonds. The Labute approximate surface area is 117 Å². The van der Waals surface area contributed by atoms with Crippen LogP contribution in [0.25, 0.3) is 0 Å². The SMILES string of the molecule is COCCCNC(=O)C(C)NCc1cc(F)ccc1F. The average Bonchev–Trinajstić information content (AvgIpc) is 2.44. The highest BCUT2D eigenvalue weighted by Gasteiger charge is 2.12. The molecule has 1 unspecified atom stereocenters. The fourth-order valence-corrected chi connectivity index (χ4v) is 1.62. The number of halogens is 2. The molecule has 112 valence electrons. The second kappa shape index (κ2) is 8.60. The zero-order valence-electron chi connectivity index (χ0n) is 11.7. The van der Waals surface area contributed by atoms with E-state index in [4.69, 9.17) is 4.74 Å². The lowest BCUT2D eigenvalue weighted by molar-refractivity contribution is -0.122. The molecule has 20 heavy (non-hydrogen) atoms. The van der Waals surface area contributed by atoms with E-state index in [-0.39, 0.29) is 18.0 Å². The molecular weight excluding hydrogens is 266 g/mol. The second-order valence-corrected chi connectivity index (χ2v) is 4.48. The first-order valence-electron chi connectivity index (χ1n) is 6.48. The molecule has 1 aromatic rings. The Morgan fingerprint density at radius 2 is 2.15 bits per heavy atom. The molecule has 6 heteroatoms. The van der Waals surface area contributed by atoms with Gasteiger partial charge in [-0.1, -0.05) is 0 Å². The number of methoxy groups -OCH3 is 1. The molecule has 0 bridgehead atoms. The van der Waals surface area contributed by atoms with E-state index in [9.17, 15) is 13.6 Å². The zero-order valence-corrected chi connectivity index (χ0v) is 11.7. The number of ether oxygens (including phenoxy) is 1. The highest BCUT2D eigenvalue weighted by atomic mass is 19.1. The van der Waals surface area contributed by atoms with Crippen molar-refractivity contribution < 1.29 is 18.3 Å². The third-order valence-corrected chi connectivity index (χ3v) is 2.82. The summed E-state index contributed by atoms with van der Waals surface area (Å²) in [5, 5.41) is 5.59. The average molecular weight is 286 g/mol. The number of benzene rings is 1. The van der Waals surface area contributed by atoms with E-state index < -0.39 is 17.7 Å². The summed E-state index contributed by atoms with van der Waals surface area (Å²) in [6.07, 6.45) is 0.730. The van der Waals surface area contributed by atoms with Crippen LogP contribution in [0.4, 0.5) is 8.78 Å². The fourth-order valence-electron chi connectivity index (χ4n) is 1.62. The van der Waals surface area contributed by atoms with Gasteiger partial charge in [-0.2, -0.15) is 0 Å². The summed E-state index contributed by atoms with van der Waals surface area (Å²) in [6.45, 7) is 2.86. The Morgan fingerprint density at radius 1 is 1.40 bits per heavy atom.